The van der Waals surface area contributed by atoms with Crippen LogP contribution in [0.3, 0.4) is 0 Å². The zero-order chi connectivity index (χ0) is 11.5. The molecule has 1 saturated heterocycles. The number of rotatable bonds is 3. The maximum atomic E-state index is 4.40. The van der Waals surface area contributed by atoms with E-state index in [2.05, 4.69) is 34.2 Å². The van der Waals surface area contributed by atoms with Gasteiger partial charge in [-0.3, -0.25) is 0 Å². The van der Waals surface area contributed by atoms with Gasteiger partial charge in [0.1, 0.15) is 18.0 Å². The quantitative estimate of drug-likeness (QED) is 0.869. The Labute approximate surface area is 101 Å². The fraction of sp³-hybridized carbons (Fsp3) is 0.636. The van der Waals surface area contributed by atoms with Crippen molar-refractivity contribution < 1.29 is 0 Å². The van der Waals surface area contributed by atoms with Crippen LogP contribution in [0.25, 0.3) is 0 Å². The molecule has 1 aromatic heterocycles. The minimum absolute atomic E-state index is 0.614. The maximum absolute atomic E-state index is 4.40. The van der Waals surface area contributed by atoms with Gasteiger partial charge in [0.15, 0.2) is 0 Å². The summed E-state index contributed by atoms with van der Waals surface area (Å²) in [4.78, 5) is 10.9. The van der Waals surface area contributed by atoms with Crippen LogP contribution in [0.1, 0.15) is 12.0 Å². The van der Waals surface area contributed by atoms with E-state index in [0.717, 1.165) is 17.2 Å². The van der Waals surface area contributed by atoms with E-state index in [4.69, 9.17) is 0 Å². The first-order valence-corrected chi connectivity index (χ1v) is 6.69. The number of nitrogens with zero attached hydrogens (tertiary/aromatic N) is 3. The van der Waals surface area contributed by atoms with Crippen LogP contribution < -0.4 is 10.2 Å². The Morgan fingerprint density at radius 2 is 2.31 bits per heavy atom. The third-order valence-electron chi connectivity index (χ3n) is 3.08. The molecule has 1 atom stereocenters. The lowest BCUT2D eigenvalue weighted by atomic mass is 10.2. The van der Waals surface area contributed by atoms with Crippen LogP contribution in [0.4, 0.5) is 11.6 Å². The Kier molecular flexibility index (Phi) is 3.53. The molecule has 5 heteroatoms. The molecule has 16 heavy (non-hydrogen) atoms. The van der Waals surface area contributed by atoms with E-state index in [0.29, 0.717) is 6.04 Å². The van der Waals surface area contributed by atoms with E-state index in [1.807, 2.05) is 18.8 Å². The summed E-state index contributed by atoms with van der Waals surface area (Å²) in [5, 5.41) is 3.10. The maximum Gasteiger partial charge on any atom is 0.137 e. The van der Waals surface area contributed by atoms with Gasteiger partial charge < -0.3 is 10.2 Å². The number of anilines is 2. The van der Waals surface area contributed by atoms with Gasteiger partial charge in [-0.15, -0.1) is 0 Å². The second kappa shape index (κ2) is 4.91. The van der Waals surface area contributed by atoms with Crippen LogP contribution in [0.5, 0.6) is 0 Å². The predicted molar refractivity (Wildman–Crippen MR) is 70.4 cm³/mol. The zero-order valence-electron chi connectivity index (χ0n) is 10.0. The molecule has 2 heterocycles. The number of nitrogens with one attached hydrogen (secondary N) is 1. The van der Waals surface area contributed by atoms with Crippen LogP contribution in [0.15, 0.2) is 6.33 Å². The normalized spacial score (nSPS) is 19.8. The molecule has 1 aromatic rings. The van der Waals surface area contributed by atoms with Crippen molar-refractivity contribution in [2.45, 2.75) is 19.4 Å². The molecular formula is C11H18N4S. The van der Waals surface area contributed by atoms with Crippen LogP contribution in [-0.4, -0.2) is 41.6 Å². The summed E-state index contributed by atoms with van der Waals surface area (Å²) < 4.78 is 0. The van der Waals surface area contributed by atoms with Crippen molar-refractivity contribution in [1.82, 2.24) is 9.97 Å². The molecule has 1 N–H and O–H groups in total. The Morgan fingerprint density at radius 1 is 1.50 bits per heavy atom. The molecule has 0 radical (unpaired) electrons. The lowest BCUT2D eigenvalue weighted by Crippen LogP contribution is -2.32. The molecule has 0 amide bonds. The Hall–Kier alpha value is -0.970. The predicted octanol–water partition coefficient (Wildman–Crippen LogP) is 1.77. The SMILES string of the molecule is CNc1ncnc(N(C)C2CCSC2)c1C. The van der Waals surface area contributed by atoms with Crippen molar-refractivity contribution in [3.05, 3.63) is 11.9 Å². The first kappa shape index (κ1) is 11.5. The molecule has 0 saturated carbocycles. The number of hydrogen-bond acceptors (Lipinski definition) is 5. The van der Waals surface area contributed by atoms with Gasteiger partial charge in [0.05, 0.1) is 0 Å². The molecule has 2 rings (SSSR count). The largest absolute Gasteiger partial charge is 0.373 e. The second-order valence-corrected chi connectivity index (χ2v) is 5.20. The highest BCUT2D eigenvalue weighted by atomic mass is 32.2. The molecule has 1 fully saturated rings. The first-order chi connectivity index (χ1) is 7.74. The average molecular weight is 238 g/mol. The second-order valence-electron chi connectivity index (χ2n) is 4.05. The van der Waals surface area contributed by atoms with Crippen molar-refractivity contribution in [2.75, 3.05) is 35.8 Å². The molecule has 0 spiro atoms. The molecule has 88 valence electrons. The van der Waals surface area contributed by atoms with Crippen LogP contribution in [-0.2, 0) is 0 Å². The highest BCUT2D eigenvalue weighted by Gasteiger charge is 2.22. The molecular weight excluding hydrogens is 220 g/mol. The first-order valence-electron chi connectivity index (χ1n) is 5.54. The lowest BCUT2D eigenvalue weighted by Gasteiger charge is -2.26. The molecule has 0 bridgehead atoms. The number of thioether (sulfide) groups is 1. The summed E-state index contributed by atoms with van der Waals surface area (Å²) >= 11 is 2.02. The van der Waals surface area contributed by atoms with Gasteiger partial charge in [-0.1, -0.05) is 0 Å². The Balaban J connectivity index is 2.25. The molecule has 1 aliphatic rings. The van der Waals surface area contributed by atoms with Crippen LogP contribution >= 0.6 is 11.8 Å². The number of hydrogen-bond donors (Lipinski definition) is 1. The van der Waals surface area contributed by atoms with Gasteiger partial charge in [0, 0.05) is 31.5 Å². The smallest absolute Gasteiger partial charge is 0.137 e. The highest BCUT2D eigenvalue weighted by Crippen LogP contribution is 2.28. The van der Waals surface area contributed by atoms with E-state index < -0.39 is 0 Å². The lowest BCUT2D eigenvalue weighted by molar-refractivity contribution is 0.688. The average Bonchev–Trinajstić information content (AvgIpc) is 2.82. The third-order valence-corrected chi connectivity index (χ3v) is 4.23. The van der Waals surface area contributed by atoms with Crippen molar-refractivity contribution in [3.8, 4) is 0 Å². The van der Waals surface area contributed by atoms with Gasteiger partial charge in [-0.2, -0.15) is 11.8 Å². The highest BCUT2D eigenvalue weighted by molar-refractivity contribution is 7.99. The van der Waals surface area contributed by atoms with Gasteiger partial charge in [-0.05, 0) is 19.1 Å². The summed E-state index contributed by atoms with van der Waals surface area (Å²) in [7, 11) is 4.02. The van der Waals surface area contributed by atoms with E-state index in [1.54, 1.807) is 6.33 Å². The minimum Gasteiger partial charge on any atom is -0.373 e. The molecule has 0 aromatic carbocycles. The molecule has 1 aliphatic heterocycles. The fourth-order valence-electron chi connectivity index (χ4n) is 2.05. The van der Waals surface area contributed by atoms with Crippen LogP contribution in [0.2, 0.25) is 0 Å². The van der Waals surface area contributed by atoms with Gasteiger partial charge in [-0.25, -0.2) is 9.97 Å². The molecule has 4 nitrogen and oxygen atoms in total. The van der Waals surface area contributed by atoms with E-state index in [-0.39, 0.29) is 0 Å². The Bertz CT molecular complexity index is 363. The van der Waals surface area contributed by atoms with Gasteiger partial charge >= 0.3 is 0 Å². The summed E-state index contributed by atoms with van der Waals surface area (Å²) in [5.41, 5.74) is 1.13. The van der Waals surface area contributed by atoms with Crippen molar-refractivity contribution >= 4 is 23.4 Å². The monoisotopic (exact) mass is 238 g/mol. The topological polar surface area (TPSA) is 41.1 Å². The van der Waals surface area contributed by atoms with E-state index in [9.17, 15) is 0 Å². The van der Waals surface area contributed by atoms with E-state index >= 15 is 0 Å². The minimum atomic E-state index is 0.614. The fourth-order valence-corrected chi connectivity index (χ4v) is 3.32. The summed E-state index contributed by atoms with van der Waals surface area (Å²) in [6, 6.07) is 0.614. The van der Waals surface area contributed by atoms with Crippen molar-refractivity contribution in [3.63, 3.8) is 0 Å². The molecule has 0 aliphatic carbocycles. The Morgan fingerprint density at radius 3 is 2.94 bits per heavy atom. The van der Waals surface area contributed by atoms with Crippen LogP contribution in [0, 0.1) is 6.92 Å². The van der Waals surface area contributed by atoms with Crippen molar-refractivity contribution in [1.29, 1.82) is 0 Å². The third kappa shape index (κ3) is 2.09. The van der Waals surface area contributed by atoms with Crippen molar-refractivity contribution in [2.24, 2.45) is 0 Å². The summed E-state index contributed by atoms with van der Waals surface area (Å²) in [6.45, 7) is 2.07. The zero-order valence-corrected chi connectivity index (χ0v) is 10.8. The van der Waals surface area contributed by atoms with Gasteiger partial charge in [0.2, 0.25) is 0 Å². The van der Waals surface area contributed by atoms with Gasteiger partial charge in [0.25, 0.3) is 0 Å². The van der Waals surface area contributed by atoms with E-state index in [1.165, 1.54) is 17.9 Å². The summed E-state index contributed by atoms with van der Waals surface area (Å²) in [5.74, 6) is 4.43. The molecule has 1 unspecified atom stereocenters. The number of aromatic nitrogens is 2. The summed E-state index contributed by atoms with van der Waals surface area (Å²) in [6.07, 6.45) is 2.88. The standard InChI is InChI=1S/C11H18N4S/c1-8-10(12-2)13-7-14-11(8)15(3)9-4-5-16-6-9/h7,9H,4-6H2,1-3H3,(H,12,13,14).